The number of hydrogen-bond acceptors (Lipinski definition) is 4. The fourth-order valence-corrected chi connectivity index (χ4v) is 4.53. The van der Waals surface area contributed by atoms with Crippen LogP contribution in [0.25, 0.3) is 22.4 Å². The molecule has 0 aliphatic carbocycles. The predicted octanol–water partition coefficient (Wildman–Crippen LogP) is 7.36. The number of halogens is 1. The van der Waals surface area contributed by atoms with Crippen LogP contribution in [0.15, 0.2) is 78.9 Å². The Morgan fingerprint density at radius 1 is 0.941 bits per heavy atom. The van der Waals surface area contributed by atoms with E-state index in [0.29, 0.717) is 41.4 Å². The highest BCUT2D eigenvalue weighted by atomic mass is 127. The molecule has 4 nitrogen and oxygen atoms in total. The predicted molar refractivity (Wildman–Crippen MR) is 143 cm³/mol. The van der Waals surface area contributed by atoms with E-state index in [1.165, 1.54) is 5.39 Å². The van der Waals surface area contributed by atoms with Gasteiger partial charge >= 0.3 is 0 Å². The van der Waals surface area contributed by atoms with Crippen LogP contribution in [0.1, 0.15) is 29.2 Å². The van der Waals surface area contributed by atoms with Crippen molar-refractivity contribution in [2.45, 2.75) is 13.5 Å². The van der Waals surface area contributed by atoms with Crippen LogP contribution in [0.4, 0.5) is 0 Å². The average molecular weight is 556 g/mol. The van der Waals surface area contributed by atoms with Gasteiger partial charge in [-0.2, -0.15) is 10.5 Å². The zero-order valence-corrected chi connectivity index (χ0v) is 20.7. The average Bonchev–Trinajstić information content (AvgIpc) is 2.87. The summed E-state index contributed by atoms with van der Waals surface area (Å²) in [5.41, 5.74) is 3.61. The Kier molecular flexibility index (Phi) is 7.47. The molecular weight excluding hydrogens is 535 g/mol. The highest BCUT2D eigenvalue weighted by Gasteiger charge is 2.14. The van der Waals surface area contributed by atoms with Crippen molar-refractivity contribution in [2.24, 2.45) is 0 Å². The monoisotopic (exact) mass is 556 g/mol. The second-order valence-corrected chi connectivity index (χ2v) is 8.71. The van der Waals surface area contributed by atoms with E-state index in [2.05, 4.69) is 59.0 Å². The number of hydrogen-bond donors (Lipinski definition) is 0. The molecule has 0 aliphatic heterocycles. The normalized spacial score (nSPS) is 11.0. The Bertz CT molecular complexity index is 1460. The molecule has 0 saturated carbocycles. The highest BCUT2D eigenvalue weighted by molar-refractivity contribution is 14.1. The summed E-state index contributed by atoms with van der Waals surface area (Å²) in [6, 6.07) is 29.7. The van der Waals surface area contributed by atoms with Gasteiger partial charge in [0.15, 0.2) is 11.5 Å². The van der Waals surface area contributed by atoms with Crippen molar-refractivity contribution in [3.63, 3.8) is 0 Å². The molecule has 0 saturated heterocycles. The summed E-state index contributed by atoms with van der Waals surface area (Å²) in [6.45, 7) is 2.83. The van der Waals surface area contributed by atoms with Crippen molar-refractivity contribution in [3.05, 3.63) is 105 Å². The molecule has 0 bridgehead atoms. The van der Waals surface area contributed by atoms with Gasteiger partial charge in [-0.3, -0.25) is 0 Å². The number of fused-ring (bicyclic) bond motifs is 1. The molecule has 0 heterocycles. The van der Waals surface area contributed by atoms with Gasteiger partial charge in [-0.05, 0) is 87.3 Å². The van der Waals surface area contributed by atoms with Gasteiger partial charge in [-0.1, -0.05) is 54.6 Å². The molecule has 4 aromatic rings. The molecule has 4 aromatic carbocycles. The maximum atomic E-state index is 9.74. The van der Waals surface area contributed by atoms with Crippen LogP contribution in [0, 0.1) is 26.2 Å². The van der Waals surface area contributed by atoms with Crippen LogP contribution in [0.2, 0.25) is 0 Å². The molecule has 0 N–H and O–H groups in total. The third-order valence-electron chi connectivity index (χ3n) is 5.32. The summed E-state index contributed by atoms with van der Waals surface area (Å²) in [5, 5.41) is 21.3. The van der Waals surface area contributed by atoms with E-state index in [0.717, 1.165) is 20.1 Å². The summed E-state index contributed by atoms with van der Waals surface area (Å²) in [4.78, 5) is 0. The lowest BCUT2D eigenvalue weighted by Gasteiger charge is -2.16. The van der Waals surface area contributed by atoms with Gasteiger partial charge in [0.1, 0.15) is 6.61 Å². The van der Waals surface area contributed by atoms with Crippen LogP contribution in [0.3, 0.4) is 0 Å². The summed E-state index contributed by atoms with van der Waals surface area (Å²) in [7, 11) is 0. The van der Waals surface area contributed by atoms with Crippen LogP contribution < -0.4 is 9.47 Å². The molecule has 0 spiro atoms. The van der Waals surface area contributed by atoms with Crippen LogP contribution in [-0.2, 0) is 6.61 Å². The molecule has 0 radical (unpaired) electrons. The van der Waals surface area contributed by atoms with Gasteiger partial charge < -0.3 is 9.47 Å². The topological polar surface area (TPSA) is 66.0 Å². The van der Waals surface area contributed by atoms with E-state index < -0.39 is 0 Å². The third kappa shape index (κ3) is 5.22. The number of allylic oxidation sites excluding steroid dienone is 1. The Hall–Kier alpha value is -3.81. The highest BCUT2D eigenvalue weighted by Crippen LogP contribution is 2.36. The number of rotatable bonds is 7. The van der Waals surface area contributed by atoms with Crippen molar-refractivity contribution in [3.8, 4) is 23.6 Å². The van der Waals surface area contributed by atoms with Crippen molar-refractivity contribution in [1.29, 1.82) is 10.5 Å². The Morgan fingerprint density at radius 2 is 1.74 bits per heavy atom. The standard InChI is InChI=1S/C29H21IN2O2/c1-2-33-28-16-21(14-25(18-32)23-10-5-7-20(13-23)17-31)15-27(30)29(28)34-19-24-11-6-9-22-8-3-4-12-26(22)24/h3-16H,2,19H2,1H3/b25-14-. The van der Waals surface area contributed by atoms with Gasteiger partial charge in [0.2, 0.25) is 0 Å². The van der Waals surface area contributed by atoms with E-state index in [4.69, 9.17) is 9.47 Å². The summed E-state index contributed by atoms with van der Waals surface area (Å²) >= 11 is 2.24. The number of ether oxygens (including phenoxy) is 2. The molecule has 0 fully saturated rings. The van der Waals surface area contributed by atoms with E-state index >= 15 is 0 Å². The first-order chi connectivity index (χ1) is 16.6. The molecule has 4 rings (SSSR count). The lowest BCUT2D eigenvalue weighted by Crippen LogP contribution is -2.02. The minimum Gasteiger partial charge on any atom is -0.490 e. The van der Waals surface area contributed by atoms with Gasteiger partial charge in [-0.15, -0.1) is 0 Å². The van der Waals surface area contributed by atoms with Crippen LogP contribution in [0.5, 0.6) is 11.5 Å². The van der Waals surface area contributed by atoms with Gasteiger partial charge in [0, 0.05) is 0 Å². The van der Waals surface area contributed by atoms with Crippen LogP contribution in [-0.4, -0.2) is 6.61 Å². The van der Waals surface area contributed by atoms with E-state index in [1.54, 1.807) is 24.3 Å². The first kappa shape index (κ1) is 23.4. The van der Waals surface area contributed by atoms with E-state index in [1.807, 2.05) is 43.3 Å². The number of nitriles is 2. The van der Waals surface area contributed by atoms with Gasteiger partial charge in [-0.25, -0.2) is 0 Å². The fraction of sp³-hybridized carbons (Fsp3) is 0.103. The van der Waals surface area contributed by atoms with Crippen LogP contribution >= 0.6 is 22.6 Å². The van der Waals surface area contributed by atoms with Crippen molar-refractivity contribution >= 4 is 45.0 Å². The van der Waals surface area contributed by atoms with Gasteiger partial charge in [0.25, 0.3) is 0 Å². The summed E-state index contributed by atoms with van der Waals surface area (Å²) in [6.07, 6.45) is 1.80. The molecule has 0 unspecified atom stereocenters. The molecule has 0 amide bonds. The van der Waals surface area contributed by atoms with E-state index in [-0.39, 0.29) is 0 Å². The molecule has 0 aromatic heterocycles. The second-order valence-electron chi connectivity index (χ2n) is 7.55. The lowest BCUT2D eigenvalue weighted by atomic mass is 10.0. The van der Waals surface area contributed by atoms with Crippen molar-refractivity contribution in [2.75, 3.05) is 6.61 Å². The third-order valence-corrected chi connectivity index (χ3v) is 6.12. The quantitative estimate of drug-likeness (QED) is 0.136. The zero-order valence-electron chi connectivity index (χ0n) is 18.6. The van der Waals surface area contributed by atoms with Crippen molar-refractivity contribution < 1.29 is 9.47 Å². The first-order valence-electron chi connectivity index (χ1n) is 10.8. The Labute approximate surface area is 212 Å². The summed E-state index contributed by atoms with van der Waals surface area (Å²) in [5.74, 6) is 1.31. The largest absolute Gasteiger partial charge is 0.490 e. The number of benzene rings is 4. The number of nitrogens with zero attached hydrogens (tertiary/aromatic N) is 2. The summed E-state index contributed by atoms with van der Waals surface area (Å²) < 4.78 is 13.1. The molecule has 34 heavy (non-hydrogen) atoms. The molecular formula is C29H21IN2O2. The van der Waals surface area contributed by atoms with E-state index in [9.17, 15) is 10.5 Å². The minimum absolute atomic E-state index is 0.414. The molecule has 0 aliphatic rings. The Morgan fingerprint density at radius 3 is 2.53 bits per heavy atom. The lowest BCUT2D eigenvalue weighted by molar-refractivity contribution is 0.268. The molecule has 166 valence electrons. The van der Waals surface area contributed by atoms with Gasteiger partial charge in [0.05, 0.1) is 33.5 Å². The second kappa shape index (κ2) is 10.9. The molecule has 5 heteroatoms. The molecule has 0 atom stereocenters. The Balaban J connectivity index is 1.67. The van der Waals surface area contributed by atoms with Crippen molar-refractivity contribution in [1.82, 2.24) is 0 Å². The maximum Gasteiger partial charge on any atom is 0.175 e. The zero-order chi connectivity index (χ0) is 23.9. The SMILES string of the molecule is CCOc1cc(/C=C(/C#N)c2cccc(C#N)c2)cc(I)c1OCc1cccc2ccccc12. The smallest absolute Gasteiger partial charge is 0.175 e. The maximum absolute atomic E-state index is 9.74. The fourth-order valence-electron chi connectivity index (χ4n) is 3.75. The minimum atomic E-state index is 0.414. The first-order valence-corrected chi connectivity index (χ1v) is 11.9.